The van der Waals surface area contributed by atoms with Gasteiger partial charge < -0.3 is 24.3 Å². The number of fused-ring (bicyclic) bond motifs is 1. The molecule has 3 heterocycles. The first-order valence-corrected chi connectivity index (χ1v) is 13.7. The Labute approximate surface area is 224 Å². The summed E-state index contributed by atoms with van der Waals surface area (Å²) in [5.74, 6) is 1.54. The summed E-state index contributed by atoms with van der Waals surface area (Å²) in [5, 5.41) is 2.94. The van der Waals surface area contributed by atoms with Crippen LogP contribution in [0.2, 0.25) is 0 Å². The second kappa shape index (κ2) is 11.9. The van der Waals surface area contributed by atoms with Gasteiger partial charge in [-0.05, 0) is 80.2 Å². The molecule has 3 aromatic rings. The third-order valence-corrected chi connectivity index (χ3v) is 7.51. The van der Waals surface area contributed by atoms with Crippen LogP contribution in [0.1, 0.15) is 70.8 Å². The van der Waals surface area contributed by atoms with Crippen molar-refractivity contribution in [3.05, 3.63) is 88.4 Å². The van der Waals surface area contributed by atoms with Crippen LogP contribution in [0.25, 0.3) is 0 Å². The lowest BCUT2D eigenvalue weighted by molar-refractivity contribution is -0.132. The van der Waals surface area contributed by atoms with E-state index in [0.29, 0.717) is 36.8 Å². The monoisotopic (exact) mass is 515 g/mol. The van der Waals surface area contributed by atoms with Gasteiger partial charge in [0.05, 0.1) is 6.04 Å². The molecular formula is C31H37N3O4. The second-order valence-corrected chi connectivity index (χ2v) is 10.2. The molecule has 1 fully saturated rings. The molecule has 2 aromatic carbocycles. The lowest BCUT2D eigenvalue weighted by Crippen LogP contribution is -2.40. The maximum atomic E-state index is 12.9. The van der Waals surface area contributed by atoms with E-state index in [1.54, 1.807) is 12.1 Å². The second-order valence-electron chi connectivity index (χ2n) is 10.2. The summed E-state index contributed by atoms with van der Waals surface area (Å²) in [6.45, 7) is 8.60. The highest BCUT2D eigenvalue weighted by Gasteiger charge is 2.31. The number of furan rings is 1. The predicted molar refractivity (Wildman–Crippen MR) is 146 cm³/mol. The normalized spacial score (nSPS) is 17.3. The van der Waals surface area contributed by atoms with Crippen LogP contribution in [0.15, 0.2) is 59.0 Å². The zero-order valence-electron chi connectivity index (χ0n) is 22.4. The molecule has 38 heavy (non-hydrogen) atoms. The van der Waals surface area contributed by atoms with Crippen LogP contribution in [0, 0.1) is 6.92 Å². The first kappa shape index (κ1) is 26.0. The fraction of sp³-hybridized carbons (Fsp3) is 0.419. The molecule has 2 amide bonds. The molecule has 5 rings (SSSR count). The standard InChI is InChI=1S/C31H37N3O4/c1-3-29(35)34-17-13-23-9-10-25(20-27(23)30(34)24-8-6-7-22(2)19-24)37-21-26-11-12-28(38-26)31(36)32-14-18-33-15-4-5-16-33/h6-12,19-20,30H,3-5,13-18,21H2,1-2H3,(H,32,36). The van der Waals surface area contributed by atoms with E-state index in [1.807, 2.05) is 30.0 Å². The molecule has 0 radical (unpaired) electrons. The fourth-order valence-electron chi connectivity index (χ4n) is 5.51. The van der Waals surface area contributed by atoms with Gasteiger partial charge >= 0.3 is 0 Å². The van der Waals surface area contributed by atoms with Crippen molar-refractivity contribution in [2.24, 2.45) is 0 Å². The molecule has 0 saturated carbocycles. The van der Waals surface area contributed by atoms with E-state index in [2.05, 4.69) is 41.4 Å². The number of aryl methyl sites for hydroxylation is 1. The van der Waals surface area contributed by atoms with Crippen molar-refractivity contribution in [2.45, 2.75) is 52.2 Å². The SMILES string of the molecule is CCC(=O)N1CCc2ccc(OCc3ccc(C(=O)NCCN4CCCC4)o3)cc2C1c1cccc(C)c1. The predicted octanol–water partition coefficient (Wildman–Crippen LogP) is 4.88. The van der Waals surface area contributed by atoms with Gasteiger partial charge in [0, 0.05) is 26.1 Å². The van der Waals surface area contributed by atoms with Crippen molar-refractivity contribution in [3.63, 3.8) is 0 Å². The topological polar surface area (TPSA) is 75.0 Å². The van der Waals surface area contributed by atoms with E-state index < -0.39 is 0 Å². The molecule has 1 N–H and O–H groups in total. The summed E-state index contributed by atoms with van der Waals surface area (Å²) in [4.78, 5) is 29.7. The maximum Gasteiger partial charge on any atom is 0.287 e. The minimum atomic E-state index is -0.203. The molecule has 1 saturated heterocycles. The zero-order chi connectivity index (χ0) is 26.5. The first-order valence-electron chi connectivity index (χ1n) is 13.7. The van der Waals surface area contributed by atoms with Crippen LogP contribution in [0.3, 0.4) is 0 Å². The molecule has 200 valence electrons. The summed E-state index contributed by atoms with van der Waals surface area (Å²) in [7, 11) is 0. The number of amides is 2. The van der Waals surface area contributed by atoms with Gasteiger partial charge in [0.15, 0.2) is 5.76 Å². The van der Waals surface area contributed by atoms with Gasteiger partial charge in [-0.25, -0.2) is 0 Å². The van der Waals surface area contributed by atoms with Crippen LogP contribution in [0.5, 0.6) is 5.75 Å². The van der Waals surface area contributed by atoms with Gasteiger partial charge in [-0.1, -0.05) is 42.8 Å². The van der Waals surface area contributed by atoms with Crippen molar-refractivity contribution in [3.8, 4) is 5.75 Å². The molecule has 2 aliphatic heterocycles. The highest BCUT2D eigenvalue weighted by atomic mass is 16.5. The number of ether oxygens (including phenoxy) is 1. The lowest BCUT2D eigenvalue weighted by Gasteiger charge is -2.38. The molecule has 0 aliphatic carbocycles. The Bertz CT molecular complexity index is 1280. The highest BCUT2D eigenvalue weighted by molar-refractivity contribution is 5.91. The zero-order valence-corrected chi connectivity index (χ0v) is 22.4. The molecule has 1 atom stereocenters. The van der Waals surface area contributed by atoms with Crippen molar-refractivity contribution < 1.29 is 18.7 Å². The lowest BCUT2D eigenvalue weighted by atomic mass is 9.87. The first-order chi connectivity index (χ1) is 18.5. The number of nitrogens with one attached hydrogen (secondary N) is 1. The van der Waals surface area contributed by atoms with Crippen LogP contribution >= 0.6 is 0 Å². The fourth-order valence-corrected chi connectivity index (χ4v) is 5.51. The van der Waals surface area contributed by atoms with E-state index >= 15 is 0 Å². The Kier molecular flexibility index (Phi) is 8.13. The smallest absolute Gasteiger partial charge is 0.287 e. The Morgan fingerprint density at radius 3 is 2.68 bits per heavy atom. The Hall–Kier alpha value is -3.58. The molecule has 1 unspecified atom stereocenters. The van der Waals surface area contributed by atoms with Gasteiger partial charge in [0.25, 0.3) is 5.91 Å². The van der Waals surface area contributed by atoms with E-state index in [0.717, 1.165) is 37.2 Å². The quantitative estimate of drug-likeness (QED) is 0.440. The van der Waals surface area contributed by atoms with Crippen LogP contribution in [-0.4, -0.2) is 54.3 Å². The van der Waals surface area contributed by atoms with Gasteiger partial charge in [-0.15, -0.1) is 0 Å². The third kappa shape index (κ3) is 5.94. The molecular weight excluding hydrogens is 478 g/mol. The minimum absolute atomic E-state index is 0.144. The maximum absolute atomic E-state index is 12.9. The van der Waals surface area contributed by atoms with E-state index in [-0.39, 0.29) is 24.5 Å². The van der Waals surface area contributed by atoms with Gasteiger partial charge in [-0.3, -0.25) is 9.59 Å². The van der Waals surface area contributed by atoms with Crippen LogP contribution in [0.4, 0.5) is 0 Å². The van der Waals surface area contributed by atoms with Crippen LogP contribution < -0.4 is 10.1 Å². The molecule has 1 aromatic heterocycles. The highest BCUT2D eigenvalue weighted by Crippen LogP contribution is 2.38. The Balaban J connectivity index is 1.26. The van der Waals surface area contributed by atoms with E-state index in [4.69, 9.17) is 9.15 Å². The number of likely N-dealkylation sites (tertiary alicyclic amines) is 1. The largest absolute Gasteiger partial charge is 0.486 e. The minimum Gasteiger partial charge on any atom is -0.486 e. The Morgan fingerprint density at radius 1 is 1.05 bits per heavy atom. The average molecular weight is 516 g/mol. The number of carbonyl (C=O) groups is 2. The molecule has 7 heteroatoms. The summed E-state index contributed by atoms with van der Waals surface area (Å²) < 4.78 is 11.9. The van der Waals surface area contributed by atoms with Gasteiger partial charge in [0.2, 0.25) is 5.91 Å². The number of hydrogen-bond acceptors (Lipinski definition) is 5. The third-order valence-electron chi connectivity index (χ3n) is 7.51. The number of carbonyl (C=O) groups excluding carboxylic acids is 2. The summed E-state index contributed by atoms with van der Waals surface area (Å²) in [5.41, 5.74) is 4.60. The van der Waals surface area contributed by atoms with Crippen LogP contribution in [-0.2, 0) is 17.8 Å². The average Bonchev–Trinajstić information content (AvgIpc) is 3.63. The number of hydrogen-bond donors (Lipinski definition) is 1. The summed E-state index contributed by atoms with van der Waals surface area (Å²) in [6, 6.07) is 17.8. The van der Waals surface area contributed by atoms with Crippen molar-refractivity contribution in [2.75, 3.05) is 32.7 Å². The summed E-state index contributed by atoms with van der Waals surface area (Å²) >= 11 is 0. The number of benzene rings is 2. The Morgan fingerprint density at radius 2 is 1.89 bits per heavy atom. The van der Waals surface area contributed by atoms with E-state index in [9.17, 15) is 9.59 Å². The number of rotatable bonds is 9. The van der Waals surface area contributed by atoms with E-state index in [1.165, 1.54) is 24.0 Å². The molecule has 7 nitrogen and oxygen atoms in total. The van der Waals surface area contributed by atoms with Crippen molar-refractivity contribution >= 4 is 11.8 Å². The number of nitrogens with zero attached hydrogens (tertiary/aromatic N) is 2. The molecule has 2 aliphatic rings. The van der Waals surface area contributed by atoms with Crippen molar-refractivity contribution in [1.29, 1.82) is 0 Å². The van der Waals surface area contributed by atoms with Gasteiger partial charge in [-0.2, -0.15) is 0 Å². The van der Waals surface area contributed by atoms with Gasteiger partial charge in [0.1, 0.15) is 18.1 Å². The summed E-state index contributed by atoms with van der Waals surface area (Å²) in [6.07, 6.45) is 3.77. The molecule has 0 bridgehead atoms. The molecule has 0 spiro atoms. The van der Waals surface area contributed by atoms with Crippen molar-refractivity contribution in [1.82, 2.24) is 15.1 Å².